The highest BCUT2D eigenvalue weighted by atomic mass is 79.9. The molecule has 2 fully saturated rings. The fourth-order valence-corrected chi connectivity index (χ4v) is 8.87. The normalized spacial score (nSPS) is 17.0. The number of hydrogen-bond acceptors (Lipinski definition) is 10. The molecule has 0 radical (unpaired) electrons. The van der Waals surface area contributed by atoms with E-state index in [9.17, 15) is 19.2 Å². The first kappa shape index (κ1) is 39.8. The third-order valence-corrected chi connectivity index (χ3v) is 12.0. The fraction of sp³-hybridized carbons (Fsp3) is 0.150. The number of benzene rings is 4. The summed E-state index contributed by atoms with van der Waals surface area (Å²) in [6.07, 6.45) is 3.77. The number of esters is 2. The van der Waals surface area contributed by atoms with E-state index in [1.807, 2.05) is 109 Å². The second-order valence-corrected chi connectivity index (χ2v) is 17.1. The van der Waals surface area contributed by atoms with Crippen molar-refractivity contribution >= 4 is 124 Å². The molecule has 54 heavy (non-hydrogen) atoms. The molecule has 0 spiro atoms. The molecule has 0 bridgehead atoms. The van der Waals surface area contributed by atoms with Crippen LogP contribution in [0.2, 0.25) is 0 Å². The van der Waals surface area contributed by atoms with Crippen LogP contribution in [0.15, 0.2) is 128 Å². The number of nitrogens with zero attached hydrogens (tertiary/aromatic N) is 2. The topological polar surface area (TPSA) is 93.2 Å². The first-order valence-corrected chi connectivity index (χ1v) is 20.6. The molecule has 0 unspecified atom stereocenters. The van der Waals surface area contributed by atoms with Crippen LogP contribution in [0.1, 0.15) is 22.3 Å². The van der Waals surface area contributed by atoms with Gasteiger partial charge in [-0.1, -0.05) is 165 Å². The maximum atomic E-state index is 13.7. The van der Waals surface area contributed by atoms with Crippen molar-refractivity contribution in [3.05, 3.63) is 150 Å². The van der Waals surface area contributed by atoms with Gasteiger partial charge >= 0.3 is 11.9 Å². The summed E-state index contributed by atoms with van der Waals surface area (Å²) in [7, 11) is 0. The molecule has 6 rings (SSSR count). The summed E-state index contributed by atoms with van der Waals surface area (Å²) in [5, 5.41) is 0. The molecule has 2 aliphatic rings. The molecule has 0 N–H and O–H groups in total. The van der Waals surface area contributed by atoms with Crippen LogP contribution in [0, 0.1) is 0 Å². The predicted octanol–water partition coefficient (Wildman–Crippen LogP) is 8.62. The number of thioether (sulfide) groups is 2. The van der Waals surface area contributed by atoms with Gasteiger partial charge < -0.3 is 9.47 Å². The molecular formula is C40H30Br2N2O6S4. The van der Waals surface area contributed by atoms with Gasteiger partial charge in [0.1, 0.15) is 33.9 Å². The van der Waals surface area contributed by atoms with Gasteiger partial charge in [0, 0.05) is 21.8 Å². The van der Waals surface area contributed by atoms with Gasteiger partial charge in [0.2, 0.25) is 0 Å². The van der Waals surface area contributed by atoms with Crippen LogP contribution in [0.3, 0.4) is 0 Å². The van der Waals surface area contributed by atoms with E-state index in [1.54, 1.807) is 12.2 Å². The summed E-state index contributed by atoms with van der Waals surface area (Å²) in [6.45, 7) is -0.585. The average molecular weight is 923 g/mol. The van der Waals surface area contributed by atoms with Gasteiger partial charge in [-0.2, -0.15) is 0 Å². The smallest absolute Gasteiger partial charge is 0.329 e. The molecule has 0 aromatic heterocycles. The highest BCUT2D eigenvalue weighted by Gasteiger charge is 2.43. The average Bonchev–Trinajstić information content (AvgIpc) is 3.61. The van der Waals surface area contributed by atoms with Crippen LogP contribution in [-0.4, -0.2) is 67.5 Å². The van der Waals surface area contributed by atoms with Crippen molar-refractivity contribution in [2.45, 2.75) is 24.9 Å². The number of rotatable bonds is 13. The van der Waals surface area contributed by atoms with E-state index >= 15 is 0 Å². The Morgan fingerprint density at radius 1 is 0.593 bits per heavy atom. The molecule has 274 valence electrons. The second-order valence-electron chi connectivity index (χ2n) is 12.0. The number of amides is 2. The third kappa shape index (κ3) is 10.0. The van der Waals surface area contributed by atoms with Crippen LogP contribution in [-0.2, 0) is 41.5 Å². The Kier molecular flexibility index (Phi) is 13.7. The Hall–Kier alpha value is -3.92. The molecule has 4 aromatic rings. The van der Waals surface area contributed by atoms with Crippen LogP contribution in [0.4, 0.5) is 0 Å². The second kappa shape index (κ2) is 18.6. The molecule has 0 aliphatic carbocycles. The lowest BCUT2D eigenvalue weighted by atomic mass is 10.0. The minimum absolute atomic E-state index is 0.152. The monoisotopic (exact) mass is 920 g/mol. The molecule has 2 aliphatic heterocycles. The number of thiocarbonyl (C=S) groups is 2. The van der Waals surface area contributed by atoms with Crippen molar-refractivity contribution in [1.29, 1.82) is 0 Å². The molecular weight excluding hydrogens is 893 g/mol. The zero-order valence-electron chi connectivity index (χ0n) is 28.3. The van der Waals surface area contributed by atoms with Crippen molar-refractivity contribution in [2.24, 2.45) is 0 Å². The van der Waals surface area contributed by atoms with E-state index < -0.39 is 35.8 Å². The summed E-state index contributed by atoms with van der Waals surface area (Å²) in [5.74, 6) is -2.21. The number of carbonyl (C=O) groups is 4. The minimum Gasteiger partial charge on any atom is -0.461 e. The molecule has 0 saturated carbocycles. The molecule has 2 saturated heterocycles. The highest BCUT2D eigenvalue weighted by molar-refractivity contribution is 9.10. The van der Waals surface area contributed by atoms with E-state index in [4.69, 9.17) is 33.9 Å². The quantitative estimate of drug-likeness (QED) is 0.0562. The first-order valence-electron chi connectivity index (χ1n) is 16.5. The lowest BCUT2D eigenvalue weighted by Gasteiger charge is -2.26. The highest BCUT2D eigenvalue weighted by Crippen LogP contribution is 2.36. The van der Waals surface area contributed by atoms with Crippen LogP contribution >= 0.6 is 79.8 Å². The van der Waals surface area contributed by atoms with Crippen LogP contribution < -0.4 is 0 Å². The Balaban J connectivity index is 1.14. The lowest BCUT2D eigenvalue weighted by Crippen LogP contribution is -2.47. The van der Waals surface area contributed by atoms with Crippen molar-refractivity contribution in [3.8, 4) is 0 Å². The van der Waals surface area contributed by atoms with Crippen LogP contribution in [0.5, 0.6) is 0 Å². The Morgan fingerprint density at radius 2 is 0.944 bits per heavy atom. The van der Waals surface area contributed by atoms with Gasteiger partial charge in [0.25, 0.3) is 11.8 Å². The Morgan fingerprint density at radius 3 is 1.30 bits per heavy atom. The summed E-state index contributed by atoms with van der Waals surface area (Å²) < 4.78 is 13.5. The van der Waals surface area contributed by atoms with E-state index in [1.165, 1.54) is 9.80 Å². The Bertz CT molecular complexity index is 1980. The van der Waals surface area contributed by atoms with Gasteiger partial charge in [0.15, 0.2) is 0 Å². The van der Waals surface area contributed by atoms with Crippen molar-refractivity contribution in [2.75, 3.05) is 13.2 Å². The van der Waals surface area contributed by atoms with Gasteiger partial charge in [-0.05, 0) is 58.7 Å². The number of ether oxygens (including phenoxy) is 2. The molecule has 14 heteroatoms. The van der Waals surface area contributed by atoms with E-state index in [-0.39, 0.29) is 34.7 Å². The minimum atomic E-state index is -1.06. The van der Waals surface area contributed by atoms with Gasteiger partial charge in [-0.15, -0.1) is 0 Å². The van der Waals surface area contributed by atoms with E-state index in [0.717, 1.165) is 54.7 Å². The SMILES string of the molecule is O=C(OCCOC(=O)[C@H](Cc1ccccc1)N1C(=O)/C(=C/c2ccc(Br)cc2)SC1=S)[C@H](Cc1ccccc1)N1C(=O)/C(=C/c2ccc(Br)cc2)SC1=S. The number of hydrogen-bond donors (Lipinski definition) is 0. The summed E-state index contributed by atoms with van der Waals surface area (Å²) >= 11 is 20.3. The van der Waals surface area contributed by atoms with E-state index in [0.29, 0.717) is 9.81 Å². The molecule has 4 aromatic carbocycles. The third-order valence-electron chi connectivity index (χ3n) is 8.27. The van der Waals surface area contributed by atoms with Crippen molar-refractivity contribution < 1.29 is 28.7 Å². The predicted molar refractivity (Wildman–Crippen MR) is 228 cm³/mol. The zero-order chi connectivity index (χ0) is 38.2. The standard InChI is InChI=1S/C40H30Br2N2O6S4/c41-29-15-11-27(12-16-29)23-33-35(45)43(39(51)53-33)31(21-25-7-3-1-4-8-25)37(47)49-19-20-50-38(48)32(22-26-9-5-2-6-10-26)44-36(46)34(54-40(44)52)24-28-13-17-30(42)18-14-28/h1-18,23-24,31-32H,19-22H2/b33-23-,34-24-/t31-,32-/m0/s1. The van der Waals surface area contributed by atoms with Gasteiger partial charge in [-0.25, -0.2) is 9.59 Å². The van der Waals surface area contributed by atoms with Gasteiger partial charge in [0.05, 0.1) is 9.81 Å². The zero-order valence-corrected chi connectivity index (χ0v) is 34.7. The molecule has 2 atom stereocenters. The van der Waals surface area contributed by atoms with Gasteiger partial charge in [-0.3, -0.25) is 19.4 Å². The van der Waals surface area contributed by atoms with E-state index in [2.05, 4.69) is 31.9 Å². The maximum absolute atomic E-state index is 13.7. The fourth-order valence-electron chi connectivity index (χ4n) is 5.63. The summed E-state index contributed by atoms with van der Waals surface area (Å²) in [5.41, 5.74) is 3.22. The maximum Gasteiger partial charge on any atom is 0.329 e. The van der Waals surface area contributed by atoms with Crippen molar-refractivity contribution in [3.63, 3.8) is 0 Å². The molecule has 2 heterocycles. The van der Waals surface area contributed by atoms with Crippen LogP contribution in [0.25, 0.3) is 12.2 Å². The molecule has 2 amide bonds. The number of carbonyl (C=O) groups excluding carboxylic acids is 4. The summed E-state index contributed by atoms with van der Waals surface area (Å²) in [4.78, 5) is 58.2. The summed E-state index contributed by atoms with van der Waals surface area (Å²) in [6, 6.07) is 31.3. The first-order chi connectivity index (χ1) is 26.1. The van der Waals surface area contributed by atoms with Crippen molar-refractivity contribution in [1.82, 2.24) is 9.80 Å². The Labute approximate surface area is 348 Å². The largest absolute Gasteiger partial charge is 0.461 e. The number of halogens is 2. The lowest BCUT2D eigenvalue weighted by molar-refractivity contribution is -0.158. The molecule has 8 nitrogen and oxygen atoms in total.